The first kappa shape index (κ1) is 12.3. The van der Waals surface area contributed by atoms with Crippen molar-refractivity contribution in [3.8, 4) is 0 Å². The van der Waals surface area contributed by atoms with Crippen LogP contribution in [0.15, 0.2) is 4.42 Å². The second-order valence-electron chi connectivity index (χ2n) is 5.02. The van der Waals surface area contributed by atoms with E-state index in [1.807, 2.05) is 0 Å². The van der Waals surface area contributed by atoms with Crippen molar-refractivity contribution in [2.75, 3.05) is 19.0 Å². The molecule has 1 aromatic rings. The molecule has 6 heteroatoms. The maximum absolute atomic E-state index is 5.44. The Balaban J connectivity index is 1.93. The second-order valence-corrected chi connectivity index (χ2v) is 5.02. The summed E-state index contributed by atoms with van der Waals surface area (Å²) in [5.74, 6) is 0.579. The van der Waals surface area contributed by atoms with Crippen molar-refractivity contribution in [1.82, 2.24) is 10.2 Å². The molecule has 0 aliphatic heterocycles. The number of rotatable bonds is 5. The first-order valence-electron chi connectivity index (χ1n) is 5.89. The van der Waals surface area contributed by atoms with Gasteiger partial charge >= 0.3 is 6.01 Å². The predicted molar refractivity (Wildman–Crippen MR) is 63.7 cm³/mol. The molecular weight excluding hydrogens is 220 g/mol. The molecule has 2 unspecified atom stereocenters. The van der Waals surface area contributed by atoms with E-state index < -0.39 is 0 Å². The van der Waals surface area contributed by atoms with E-state index in [1.54, 1.807) is 7.11 Å². The third-order valence-electron chi connectivity index (χ3n) is 3.59. The first-order valence-corrected chi connectivity index (χ1v) is 5.89. The number of hydrogen-bond donors (Lipinski definition) is 2. The topological polar surface area (TPSA) is 86.2 Å². The molecule has 96 valence electrons. The van der Waals surface area contributed by atoms with Crippen LogP contribution < -0.4 is 11.1 Å². The van der Waals surface area contributed by atoms with E-state index in [-0.39, 0.29) is 11.5 Å². The fourth-order valence-electron chi connectivity index (χ4n) is 2.22. The standard InChI is InChI=1S/C11H20N4O2/c1-11(2)7(6-8(11)16-3)13-10-15-14-9(17-10)4-5-12/h7-8H,4-6,12H2,1-3H3,(H,13,15). The van der Waals surface area contributed by atoms with Gasteiger partial charge in [-0.1, -0.05) is 18.9 Å². The molecule has 3 N–H and O–H groups in total. The number of anilines is 1. The Hall–Kier alpha value is -1.14. The Morgan fingerprint density at radius 1 is 1.53 bits per heavy atom. The van der Waals surface area contributed by atoms with Crippen molar-refractivity contribution >= 4 is 6.01 Å². The maximum Gasteiger partial charge on any atom is 0.315 e. The summed E-state index contributed by atoms with van der Waals surface area (Å²) in [7, 11) is 1.74. The van der Waals surface area contributed by atoms with Crippen molar-refractivity contribution in [3.05, 3.63) is 5.89 Å². The molecular formula is C11H20N4O2. The Bertz CT molecular complexity index is 377. The van der Waals surface area contributed by atoms with Gasteiger partial charge in [0.2, 0.25) is 5.89 Å². The molecule has 0 spiro atoms. The maximum atomic E-state index is 5.44. The van der Waals surface area contributed by atoms with Crippen molar-refractivity contribution in [1.29, 1.82) is 0 Å². The SMILES string of the molecule is COC1CC(Nc2nnc(CCN)o2)C1(C)C. The molecule has 1 aromatic heterocycles. The van der Waals surface area contributed by atoms with Crippen molar-refractivity contribution in [2.45, 2.75) is 38.8 Å². The Morgan fingerprint density at radius 2 is 2.29 bits per heavy atom. The minimum Gasteiger partial charge on any atom is -0.408 e. The lowest BCUT2D eigenvalue weighted by Crippen LogP contribution is -2.57. The monoisotopic (exact) mass is 240 g/mol. The van der Waals surface area contributed by atoms with Crippen LogP contribution in [0.4, 0.5) is 6.01 Å². The average Bonchev–Trinajstić information content (AvgIpc) is 2.72. The highest BCUT2D eigenvalue weighted by atomic mass is 16.5. The summed E-state index contributed by atoms with van der Waals surface area (Å²) < 4.78 is 10.8. The molecule has 0 bridgehead atoms. The summed E-state index contributed by atoms with van der Waals surface area (Å²) in [6.07, 6.45) is 1.85. The van der Waals surface area contributed by atoms with Gasteiger partial charge < -0.3 is 20.2 Å². The van der Waals surface area contributed by atoms with Crippen LogP contribution in [0.25, 0.3) is 0 Å². The van der Waals surface area contributed by atoms with E-state index in [9.17, 15) is 0 Å². The van der Waals surface area contributed by atoms with Crippen LogP contribution in [0.1, 0.15) is 26.2 Å². The number of nitrogens with zero attached hydrogens (tertiary/aromatic N) is 2. The number of aromatic nitrogens is 2. The summed E-state index contributed by atoms with van der Waals surface area (Å²) in [4.78, 5) is 0. The van der Waals surface area contributed by atoms with Crippen LogP contribution in [-0.4, -0.2) is 36.0 Å². The van der Waals surface area contributed by atoms with Crippen LogP contribution in [0.3, 0.4) is 0 Å². The number of ether oxygens (including phenoxy) is 1. The molecule has 1 saturated carbocycles. The number of hydrogen-bond acceptors (Lipinski definition) is 6. The molecule has 0 aromatic carbocycles. The zero-order valence-electron chi connectivity index (χ0n) is 10.6. The number of nitrogens with two attached hydrogens (primary N) is 1. The molecule has 1 aliphatic rings. The van der Waals surface area contributed by atoms with Gasteiger partial charge in [0.05, 0.1) is 6.10 Å². The molecule has 0 radical (unpaired) electrons. The lowest BCUT2D eigenvalue weighted by Gasteiger charge is -2.50. The summed E-state index contributed by atoms with van der Waals surface area (Å²) >= 11 is 0. The Kier molecular flexibility index (Phi) is 3.35. The zero-order valence-corrected chi connectivity index (χ0v) is 10.6. The van der Waals surface area contributed by atoms with Gasteiger partial charge in [-0.15, -0.1) is 5.10 Å². The summed E-state index contributed by atoms with van der Waals surface area (Å²) in [6.45, 7) is 4.85. The van der Waals surface area contributed by atoms with E-state index >= 15 is 0 Å². The smallest absolute Gasteiger partial charge is 0.315 e. The highest BCUT2D eigenvalue weighted by Crippen LogP contribution is 2.43. The number of methoxy groups -OCH3 is 1. The highest BCUT2D eigenvalue weighted by molar-refractivity contribution is 5.25. The van der Waals surface area contributed by atoms with E-state index in [0.29, 0.717) is 30.9 Å². The number of nitrogens with one attached hydrogen (secondary N) is 1. The second kappa shape index (κ2) is 4.62. The largest absolute Gasteiger partial charge is 0.408 e. The van der Waals surface area contributed by atoms with Gasteiger partial charge in [0.1, 0.15) is 0 Å². The lowest BCUT2D eigenvalue weighted by atomic mass is 9.64. The Morgan fingerprint density at radius 3 is 2.88 bits per heavy atom. The minimum absolute atomic E-state index is 0.0806. The molecule has 1 heterocycles. The van der Waals surface area contributed by atoms with Crippen molar-refractivity contribution < 1.29 is 9.15 Å². The van der Waals surface area contributed by atoms with Crippen LogP contribution >= 0.6 is 0 Å². The molecule has 6 nitrogen and oxygen atoms in total. The molecule has 0 amide bonds. The van der Waals surface area contributed by atoms with E-state index in [4.69, 9.17) is 14.9 Å². The van der Waals surface area contributed by atoms with Crippen LogP contribution in [-0.2, 0) is 11.2 Å². The fourth-order valence-corrected chi connectivity index (χ4v) is 2.22. The Labute approximate surface area is 101 Å². The third-order valence-corrected chi connectivity index (χ3v) is 3.59. The van der Waals surface area contributed by atoms with Crippen molar-refractivity contribution in [2.24, 2.45) is 11.1 Å². The van der Waals surface area contributed by atoms with Crippen LogP contribution in [0, 0.1) is 5.41 Å². The van der Waals surface area contributed by atoms with Crippen molar-refractivity contribution in [3.63, 3.8) is 0 Å². The van der Waals surface area contributed by atoms with Crippen LogP contribution in [0.5, 0.6) is 0 Å². The van der Waals surface area contributed by atoms with Gasteiger partial charge in [0, 0.05) is 31.5 Å². The van der Waals surface area contributed by atoms with Gasteiger partial charge in [0.25, 0.3) is 0 Å². The highest BCUT2D eigenvalue weighted by Gasteiger charge is 2.49. The average molecular weight is 240 g/mol. The first-order chi connectivity index (χ1) is 8.07. The quantitative estimate of drug-likeness (QED) is 0.791. The summed E-state index contributed by atoms with van der Waals surface area (Å²) in [6, 6.07) is 0.778. The van der Waals surface area contributed by atoms with Gasteiger partial charge in [-0.3, -0.25) is 0 Å². The van der Waals surface area contributed by atoms with E-state index in [1.165, 1.54) is 0 Å². The zero-order chi connectivity index (χ0) is 12.5. The summed E-state index contributed by atoms with van der Waals surface area (Å²) in [5.41, 5.74) is 5.50. The normalized spacial score (nSPS) is 26.6. The third kappa shape index (κ3) is 2.28. The molecule has 0 saturated heterocycles. The minimum atomic E-state index is 0.0806. The van der Waals surface area contributed by atoms with Gasteiger partial charge in [-0.2, -0.15) is 0 Å². The lowest BCUT2D eigenvalue weighted by molar-refractivity contribution is -0.0800. The molecule has 2 atom stereocenters. The molecule has 2 rings (SSSR count). The van der Waals surface area contributed by atoms with E-state index in [2.05, 4.69) is 29.4 Å². The van der Waals surface area contributed by atoms with E-state index in [0.717, 1.165) is 6.42 Å². The molecule has 1 fully saturated rings. The molecule has 17 heavy (non-hydrogen) atoms. The van der Waals surface area contributed by atoms with Gasteiger partial charge in [-0.05, 0) is 6.42 Å². The van der Waals surface area contributed by atoms with Gasteiger partial charge in [0.15, 0.2) is 0 Å². The van der Waals surface area contributed by atoms with Gasteiger partial charge in [-0.25, -0.2) is 0 Å². The predicted octanol–water partition coefficient (Wildman–Crippen LogP) is 0.796. The van der Waals surface area contributed by atoms with Crippen LogP contribution in [0.2, 0.25) is 0 Å². The fraction of sp³-hybridized carbons (Fsp3) is 0.818. The molecule has 1 aliphatic carbocycles. The summed E-state index contributed by atoms with van der Waals surface area (Å²) in [5, 5.41) is 11.1.